The van der Waals surface area contributed by atoms with Crippen molar-refractivity contribution in [3.05, 3.63) is 35.1 Å². The number of benzene rings is 1. The fourth-order valence-corrected chi connectivity index (χ4v) is 1.40. The average molecular weight is 237 g/mol. The zero-order valence-electron chi connectivity index (χ0n) is 10.0. The Morgan fingerprint density at radius 2 is 2.00 bits per heavy atom. The summed E-state index contributed by atoms with van der Waals surface area (Å²) in [5.74, 6) is -0.420. The van der Waals surface area contributed by atoms with E-state index >= 15 is 0 Å². The summed E-state index contributed by atoms with van der Waals surface area (Å²) in [6.45, 7) is 3.49. The van der Waals surface area contributed by atoms with Crippen LogP contribution in [0.5, 0.6) is 0 Å². The minimum Gasteiger partial charge on any atom is -0.352 e. The Morgan fingerprint density at radius 3 is 2.59 bits per heavy atom. The third kappa shape index (κ3) is 4.76. The van der Waals surface area contributed by atoms with Crippen LogP contribution in [-0.4, -0.2) is 11.7 Å². The van der Waals surface area contributed by atoms with Crippen molar-refractivity contribution < 1.29 is 14.0 Å². The van der Waals surface area contributed by atoms with Crippen LogP contribution in [0.15, 0.2) is 18.2 Å². The summed E-state index contributed by atoms with van der Waals surface area (Å²) < 4.78 is 13.0. The maximum Gasteiger partial charge on any atom is 0.220 e. The molecule has 0 aromatic heterocycles. The number of rotatable bonds is 5. The van der Waals surface area contributed by atoms with E-state index in [1.54, 1.807) is 19.1 Å². The fraction of sp³-hybridized carbons (Fsp3) is 0.385. The molecule has 17 heavy (non-hydrogen) atoms. The highest BCUT2D eigenvalue weighted by atomic mass is 19.1. The molecule has 0 atom stereocenters. The largest absolute Gasteiger partial charge is 0.352 e. The molecule has 1 N–H and O–H groups in total. The summed E-state index contributed by atoms with van der Waals surface area (Å²) in [6, 6.07) is 4.71. The lowest BCUT2D eigenvalue weighted by Crippen LogP contribution is -2.23. The topological polar surface area (TPSA) is 46.2 Å². The predicted molar refractivity (Wildman–Crippen MR) is 62.9 cm³/mol. The van der Waals surface area contributed by atoms with Gasteiger partial charge in [0, 0.05) is 19.4 Å². The second-order valence-corrected chi connectivity index (χ2v) is 4.06. The van der Waals surface area contributed by atoms with Crippen molar-refractivity contribution in [1.82, 2.24) is 5.32 Å². The molecule has 0 saturated heterocycles. The zero-order valence-corrected chi connectivity index (χ0v) is 10.0. The van der Waals surface area contributed by atoms with Gasteiger partial charge >= 0.3 is 0 Å². The molecule has 0 aliphatic rings. The summed E-state index contributed by atoms with van der Waals surface area (Å²) in [5.41, 5.74) is 1.40. The molecule has 0 heterocycles. The molecule has 92 valence electrons. The first-order chi connectivity index (χ1) is 7.99. The van der Waals surface area contributed by atoms with Crippen LogP contribution >= 0.6 is 0 Å². The van der Waals surface area contributed by atoms with Crippen molar-refractivity contribution in [1.29, 1.82) is 0 Å². The molecule has 4 heteroatoms. The second kappa shape index (κ2) is 6.13. The van der Waals surface area contributed by atoms with Gasteiger partial charge in [0.1, 0.15) is 11.6 Å². The molecule has 0 spiro atoms. The van der Waals surface area contributed by atoms with Crippen LogP contribution in [0.25, 0.3) is 0 Å². The van der Waals surface area contributed by atoms with E-state index in [1.165, 1.54) is 13.0 Å². The molecule has 1 aromatic carbocycles. The number of Topliss-reactive ketones (excluding diaryl/α,β-unsaturated/α-hetero) is 1. The van der Waals surface area contributed by atoms with Crippen LogP contribution in [0.2, 0.25) is 0 Å². The van der Waals surface area contributed by atoms with Crippen molar-refractivity contribution in [3.8, 4) is 0 Å². The second-order valence-electron chi connectivity index (χ2n) is 4.06. The Morgan fingerprint density at radius 1 is 1.29 bits per heavy atom. The number of halogens is 1. The number of hydrogen-bond acceptors (Lipinski definition) is 2. The van der Waals surface area contributed by atoms with Crippen LogP contribution in [0, 0.1) is 12.7 Å². The normalized spacial score (nSPS) is 10.1. The van der Waals surface area contributed by atoms with Gasteiger partial charge in [0.25, 0.3) is 0 Å². The number of nitrogens with one attached hydrogen (secondary N) is 1. The molecule has 0 aliphatic carbocycles. The van der Waals surface area contributed by atoms with Crippen molar-refractivity contribution in [2.45, 2.75) is 33.2 Å². The number of amides is 1. The molecule has 0 bridgehead atoms. The van der Waals surface area contributed by atoms with Gasteiger partial charge in [0.15, 0.2) is 0 Å². The third-order valence-corrected chi connectivity index (χ3v) is 2.42. The van der Waals surface area contributed by atoms with Crippen LogP contribution in [0.4, 0.5) is 4.39 Å². The van der Waals surface area contributed by atoms with E-state index in [9.17, 15) is 14.0 Å². The summed E-state index contributed by atoms with van der Waals surface area (Å²) >= 11 is 0. The molecule has 0 fully saturated rings. The highest BCUT2D eigenvalue weighted by molar-refractivity contribution is 5.83. The molecule has 3 nitrogen and oxygen atoms in total. The first kappa shape index (κ1) is 13.4. The molecular formula is C13H16FNO2. The van der Waals surface area contributed by atoms with Gasteiger partial charge in [-0.3, -0.25) is 4.79 Å². The number of carbonyl (C=O) groups is 2. The molecule has 0 unspecified atom stereocenters. The molecule has 1 amide bonds. The summed E-state index contributed by atoms with van der Waals surface area (Å²) in [6.07, 6.45) is 0.462. The molecule has 0 saturated carbocycles. The Kier molecular flexibility index (Phi) is 4.82. The van der Waals surface area contributed by atoms with Gasteiger partial charge in [-0.15, -0.1) is 0 Å². The number of aryl methyl sites for hydroxylation is 1. The van der Waals surface area contributed by atoms with Crippen LogP contribution in [0.1, 0.15) is 30.9 Å². The van der Waals surface area contributed by atoms with Crippen molar-refractivity contribution in [2.24, 2.45) is 0 Å². The Labute approximate surface area is 100 Å². The first-order valence-corrected chi connectivity index (χ1v) is 5.50. The Hall–Kier alpha value is -1.71. The zero-order chi connectivity index (χ0) is 12.8. The summed E-state index contributed by atoms with van der Waals surface area (Å²) in [4.78, 5) is 22.0. The quantitative estimate of drug-likeness (QED) is 0.852. The number of ketones is 1. The van der Waals surface area contributed by atoms with Crippen molar-refractivity contribution in [2.75, 3.05) is 0 Å². The summed E-state index contributed by atoms with van der Waals surface area (Å²) in [5, 5.41) is 2.69. The highest BCUT2D eigenvalue weighted by Gasteiger charge is 2.04. The summed E-state index contributed by atoms with van der Waals surface area (Å²) in [7, 11) is 0. The van der Waals surface area contributed by atoms with Crippen molar-refractivity contribution >= 4 is 11.7 Å². The lowest BCUT2D eigenvalue weighted by molar-refractivity contribution is -0.124. The van der Waals surface area contributed by atoms with Crippen LogP contribution in [0.3, 0.4) is 0 Å². The minimum absolute atomic E-state index is 0.00206. The van der Waals surface area contributed by atoms with Gasteiger partial charge in [0.05, 0.1) is 0 Å². The van der Waals surface area contributed by atoms with Crippen LogP contribution < -0.4 is 5.32 Å². The van der Waals surface area contributed by atoms with E-state index in [2.05, 4.69) is 5.32 Å². The SMILES string of the molecule is CC(=O)CCC(=O)NCc1ccc(F)c(C)c1. The van der Waals surface area contributed by atoms with E-state index in [0.29, 0.717) is 12.1 Å². The fourth-order valence-electron chi connectivity index (χ4n) is 1.40. The predicted octanol–water partition coefficient (Wildman–Crippen LogP) is 2.12. The maximum absolute atomic E-state index is 13.0. The van der Waals surface area contributed by atoms with Gasteiger partial charge in [0.2, 0.25) is 5.91 Å². The molecular weight excluding hydrogens is 221 g/mol. The van der Waals surface area contributed by atoms with Gasteiger partial charge in [-0.1, -0.05) is 12.1 Å². The monoisotopic (exact) mass is 237 g/mol. The number of carbonyl (C=O) groups excluding carboxylic acids is 2. The molecule has 1 aromatic rings. The van der Waals surface area contributed by atoms with Crippen LogP contribution in [-0.2, 0) is 16.1 Å². The van der Waals surface area contributed by atoms with Crippen molar-refractivity contribution in [3.63, 3.8) is 0 Å². The maximum atomic E-state index is 13.0. The molecule has 0 aliphatic heterocycles. The molecule has 1 rings (SSSR count). The Balaban J connectivity index is 2.42. The average Bonchev–Trinajstić information content (AvgIpc) is 2.28. The van der Waals surface area contributed by atoms with E-state index in [-0.39, 0.29) is 30.3 Å². The third-order valence-electron chi connectivity index (χ3n) is 2.42. The first-order valence-electron chi connectivity index (χ1n) is 5.50. The van der Waals surface area contributed by atoms with E-state index in [4.69, 9.17) is 0 Å². The minimum atomic E-state index is -0.253. The van der Waals surface area contributed by atoms with Gasteiger partial charge < -0.3 is 10.1 Å². The molecule has 0 radical (unpaired) electrons. The van der Waals surface area contributed by atoms with Gasteiger partial charge in [-0.25, -0.2) is 4.39 Å². The lowest BCUT2D eigenvalue weighted by Gasteiger charge is -2.06. The van der Waals surface area contributed by atoms with Gasteiger partial charge in [-0.05, 0) is 31.0 Å². The van der Waals surface area contributed by atoms with E-state index in [1.807, 2.05) is 0 Å². The van der Waals surface area contributed by atoms with E-state index < -0.39 is 0 Å². The smallest absolute Gasteiger partial charge is 0.220 e. The lowest BCUT2D eigenvalue weighted by atomic mass is 10.1. The van der Waals surface area contributed by atoms with E-state index in [0.717, 1.165) is 5.56 Å². The standard InChI is InChI=1S/C13H16FNO2/c1-9-7-11(4-5-12(9)14)8-15-13(17)6-3-10(2)16/h4-5,7H,3,6,8H2,1-2H3,(H,15,17). The van der Waals surface area contributed by atoms with Gasteiger partial charge in [-0.2, -0.15) is 0 Å². The number of hydrogen-bond donors (Lipinski definition) is 1. The highest BCUT2D eigenvalue weighted by Crippen LogP contribution is 2.08. The Bertz CT molecular complexity index is 429.